The van der Waals surface area contributed by atoms with E-state index in [1.54, 1.807) is 18.6 Å². The molecular weight excluding hydrogens is 116 g/mol. The summed E-state index contributed by atoms with van der Waals surface area (Å²) in [5.41, 5.74) is 0. The maximum Gasteiger partial charge on any atom is 0.327 e. The van der Waals surface area contributed by atoms with Crippen LogP contribution < -0.4 is 0 Å². The van der Waals surface area contributed by atoms with E-state index in [0.717, 1.165) is 6.08 Å². The normalized spacial score (nSPS) is 9.78. The van der Waals surface area contributed by atoms with Crippen molar-refractivity contribution in [3.8, 4) is 0 Å². The zero-order valence-electron chi connectivity index (χ0n) is 5.08. The van der Waals surface area contributed by atoms with Crippen molar-refractivity contribution in [1.29, 1.82) is 0 Å². The van der Waals surface area contributed by atoms with Crippen LogP contribution in [-0.2, 0) is 4.79 Å². The Bertz CT molecular complexity index is 125. The van der Waals surface area contributed by atoms with Gasteiger partial charge in [0.05, 0.1) is 0 Å². The van der Waals surface area contributed by atoms with Crippen LogP contribution in [0.1, 0.15) is 6.42 Å². The highest BCUT2D eigenvalue weighted by molar-refractivity contribution is 5.79. The van der Waals surface area contributed by atoms with Crippen molar-refractivity contribution >= 4 is 5.97 Å². The van der Waals surface area contributed by atoms with Crippen LogP contribution >= 0.6 is 0 Å². The predicted molar refractivity (Wildman–Crippen MR) is 35.9 cm³/mol. The Morgan fingerprint density at radius 1 is 1.67 bits per heavy atom. The smallest absolute Gasteiger partial charge is 0.327 e. The number of aliphatic carboxylic acids is 1. The van der Waals surface area contributed by atoms with Crippen molar-refractivity contribution in [2.45, 2.75) is 6.42 Å². The summed E-state index contributed by atoms with van der Waals surface area (Å²) in [5.74, 6) is -0.910. The maximum absolute atomic E-state index is 9.84. The summed E-state index contributed by atoms with van der Waals surface area (Å²) in [6, 6.07) is 0. The van der Waals surface area contributed by atoms with E-state index in [9.17, 15) is 4.79 Å². The summed E-state index contributed by atoms with van der Waals surface area (Å²) in [4.78, 5) is 9.84. The average Bonchev–Trinajstić information content (AvgIpc) is 1.80. The van der Waals surface area contributed by atoms with Crippen molar-refractivity contribution in [1.82, 2.24) is 0 Å². The third kappa shape index (κ3) is 6.95. The molecule has 0 aromatic carbocycles. The summed E-state index contributed by atoms with van der Waals surface area (Å²) in [5, 5.41) is 8.09. The first kappa shape index (κ1) is 7.95. The summed E-state index contributed by atoms with van der Waals surface area (Å²) in [7, 11) is 0. The van der Waals surface area contributed by atoms with Crippen LogP contribution in [0.25, 0.3) is 0 Å². The van der Waals surface area contributed by atoms with Crippen molar-refractivity contribution in [3.05, 3.63) is 31.2 Å². The number of carbonyl (C=O) groups is 1. The van der Waals surface area contributed by atoms with Crippen LogP contribution in [0, 0.1) is 6.42 Å². The first-order chi connectivity index (χ1) is 4.27. The molecule has 1 N–H and O–H groups in total. The number of hydrogen-bond donors (Lipinski definition) is 1. The Hall–Kier alpha value is -1.05. The molecule has 0 saturated carbocycles. The first-order valence-electron chi connectivity index (χ1n) is 2.61. The van der Waals surface area contributed by atoms with Gasteiger partial charge in [0, 0.05) is 6.08 Å². The molecule has 0 bridgehead atoms. The Balaban J connectivity index is 3.24. The minimum Gasteiger partial charge on any atom is -0.478 e. The Kier molecular flexibility index (Phi) is 4.50. The summed E-state index contributed by atoms with van der Waals surface area (Å²) < 4.78 is 0. The molecule has 1 radical (unpaired) electrons. The fraction of sp³-hybridized carbons (Fsp3) is 0.143. The van der Waals surface area contributed by atoms with Gasteiger partial charge in [-0.15, -0.1) is 6.58 Å². The van der Waals surface area contributed by atoms with Gasteiger partial charge >= 0.3 is 5.97 Å². The van der Waals surface area contributed by atoms with Gasteiger partial charge in [-0.3, -0.25) is 0 Å². The number of carboxylic acid groups (broad SMARTS) is 1. The molecule has 0 rings (SSSR count). The van der Waals surface area contributed by atoms with Crippen molar-refractivity contribution in [2.75, 3.05) is 0 Å². The van der Waals surface area contributed by atoms with Crippen molar-refractivity contribution in [3.63, 3.8) is 0 Å². The van der Waals surface area contributed by atoms with Crippen LogP contribution in [0.3, 0.4) is 0 Å². The predicted octanol–water partition coefficient (Wildman–Crippen LogP) is 1.41. The Morgan fingerprint density at radius 2 is 2.33 bits per heavy atom. The van der Waals surface area contributed by atoms with Crippen molar-refractivity contribution < 1.29 is 9.90 Å². The van der Waals surface area contributed by atoms with Gasteiger partial charge < -0.3 is 5.11 Å². The van der Waals surface area contributed by atoms with Crippen LogP contribution in [0.4, 0.5) is 0 Å². The molecule has 0 aromatic rings. The zero-order chi connectivity index (χ0) is 7.11. The molecular formula is C7H9O2. The molecule has 0 fully saturated rings. The quantitative estimate of drug-likeness (QED) is 0.455. The lowest BCUT2D eigenvalue weighted by atomic mass is 10.3. The molecule has 0 saturated heterocycles. The van der Waals surface area contributed by atoms with E-state index < -0.39 is 5.97 Å². The topological polar surface area (TPSA) is 37.3 Å². The Labute approximate surface area is 54.5 Å². The second kappa shape index (κ2) is 5.09. The first-order valence-corrected chi connectivity index (χ1v) is 2.61. The fourth-order valence-corrected chi connectivity index (χ4v) is 0.344. The fourth-order valence-electron chi connectivity index (χ4n) is 0.344. The summed E-state index contributed by atoms with van der Waals surface area (Å²) in [6.45, 7) is 3.44. The van der Waals surface area contributed by atoms with Crippen molar-refractivity contribution in [2.24, 2.45) is 0 Å². The molecule has 0 aliphatic carbocycles. The van der Waals surface area contributed by atoms with Gasteiger partial charge in [-0.25, -0.2) is 4.79 Å². The average molecular weight is 125 g/mol. The number of carboxylic acids is 1. The molecule has 0 atom stereocenters. The van der Waals surface area contributed by atoms with Gasteiger partial charge in [0.15, 0.2) is 0 Å². The van der Waals surface area contributed by atoms with E-state index in [0.29, 0.717) is 6.42 Å². The van der Waals surface area contributed by atoms with Gasteiger partial charge in [-0.1, -0.05) is 12.2 Å². The Morgan fingerprint density at radius 3 is 2.78 bits per heavy atom. The molecule has 49 valence electrons. The molecule has 9 heavy (non-hydrogen) atoms. The van der Waals surface area contributed by atoms with Crippen LogP contribution in [0.5, 0.6) is 0 Å². The minimum absolute atomic E-state index is 0.635. The van der Waals surface area contributed by atoms with Gasteiger partial charge in [0.2, 0.25) is 0 Å². The minimum atomic E-state index is -0.910. The lowest BCUT2D eigenvalue weighted by molar-refractivity contribution is -0.131. The van der Waals surface area contributed by atoms with Crippen LogP contribution in [0.2, 0.25) is 0 Å². The van der Waals surface area contributed by atoms with Gasteiger partial charge in [-0.05, 0) is 12.8 Å². The van der Waals surface area contributed by atoms with Gasteiger partial charge in [-0.2, -0.15) is 0 Å². The van der Waals surface area contributed by atoms with E-state index in [2.05, 4.69) is 6.58 Å². The van der Waals surface area contributed by atoms with Crippen LogP contribution in [0.15, 0.2) is 24.8 Å². The molecule has 0 heterocycles. The van der Waals surface area contributed by atoms with Gasteiger partial charge in [0.25, 0.3) is 0 Å². The van der Waals surface area contributed by atoms with Gasteiger partial charge in [0.1, 0.15) is 0 Å². The second-order valence-corrected chi connectivity index (χ2v) is 1.45. The van der Waals surface area contributed by atoms with E-state index in [1.165, 1.54) is 0 Å². The van der Waals surface area contributed by atoms with E-state index >= 15 is 0 Å². The number of hydrogen-bond acceptors (Lipinski definition) is 1. The molecule has 0 unspecified atom stereocenters. The standard InChI is InChI=1S/C7H9O2/c1-2-3-4-5-6-7(8)9/h2-3,5-6H,1,4H2,(H,8,9). The highest BCUT2D eigenvalue weighted by atomic mass is 16.4. The lowest BCUT2D eigenvalue weighted by Gasteiger charge is -1.80. The SMILES string of the molecule is C=C[CH]CC=CC(=O)O. The molecule has 0 aliphatic heterocycles. The summed E-state index contributed by atoms with van der Waals surface area (Å²) in [6.07, 6.45) is 6.71. The lowest BCUT2D eigenvalue weighted by Crippen LogP contribution is -1.85. The third-order valence-corrected chi connectivity index (χ3v) is 0.699. The zero-order valence-corrected chi connectivity index (χ0v) is 5.08. The molecule has 2 heteroatoms. The highest BCUT2D eigenvalue weighted by Gasteiger charge is 1.82. The highest BCUT2D eigenvalue weighted by Crippen LogP contribution is 1.88. The molecule has 0 amide bonds. The third-order valence-electron chi connectivity index (χ3n) is 0.699. The van der Waals surface area contributed by atoms with Crippen LogP contribution in [-0.4, -0.2) is 11.1 Å². The maximum atomic E-state index is 9.84. The number of unbranched alkanes of at least 4 members (excludes halogenated alkanes) is 1. The number of allylic oxidation sites excluding steroid dienone is 2. The molecule has 0 aliphatic rings. The second-order valence-electron chi connectivity index (χ2n) is 1.45. The summed E-state index contributed by atoms with van der Waals surface area (Å²) >= 11 is 0. The largest absolute Gasteiger partial charge is 0.478 e. The van der Waals surface area contributed by atoms with E-state index in [4.69, 9.17) is 5.11 Å². The number of rotatable bonds is 4. The molecule has 0 spiro atoms. The van der Waals surface area contributed by atoms with E-state index in [-0.39, 0.29) is 0 Å². The monoisotopic (exact) mass is 125 g/mol. The molecule has 2 nitrogen and oxygen atoms in total. The van der Waals surface area contributed by atoms with E-state index in [1.807, 2.05) is 0 Å². The molecule has 0 aromatic heterocycles.